The summed E-state index contributed by atoms with van der Waals surface area (Å²) < 4.78 is 5.64. The summed E-state index contributed by atoms with van der Waals surface area (Å²) in [5.74, 6) is 0.692. The lowest BCUT2D eigenvalue weighted by atomic mass is 9.93. The van der Waals surface area contributed by atoms with Crippen molar-refractivity contribution in [2.24, 2.45) is 5.41 Å². The highest BCUT2D eigenvalue weighted by atomic mass is 16.5. The van der Waals surface area contributed by atoms with Gasteiger partial charge in [-0.1, -0.05) is 20.8 Å². The van der Waals surface area contributed by atoms with Gasteiger partial charge in [0, 0.05) is 5.69 Å². The molecule has 0 unspecified atom stereocenters. The number of aromatic nitrogens is 1. The largest absolute Gasteiger partial charge is 0.492 e. The summed E-state index contributed by atoms with van der Waals surface area (Å²) in [5.41, 5.74) is 1.78. The van der Waals surface area contributed by atoms with Crippen molar-refractivity contribution in [1.29, 1.82) is 0 Å². The lowest BCUT2D eigenvalue weighted by Gasteiger charge is -2.18. The van der Waals surface area contributed by atoms with E-state index in [-0.39, 0.29) is 12.0 Å². The van der Waals surface area contributed by atoms with E-state index in [4.69, 9.17) is 9.84 Å². The molecule has 1 aromatic heterocycles. The van der Waals surface area contributed by atoms with E-state index in [0.717, 1.165) is 12.1 Å². The molecule has 0 aromatic carbocycles. The van der Waals surface area contributed by atoms with Crippen molar-refractivity contribution < 1.29 is 9.84 Å². The number of aliphatic hydroxyl groups is 1. The highest BCUT2D eigenvalue weighted by Gasteiger charge is 2.11. The standard InChI is InChI=1S/C13H21NO2/c1-10-5-6-12(11(9-15)14-10)16-8-7-13(2,3)4/h5-6,15H,7-9H2,1-4H3. The number of aryl methyl sites for hydroxylation is 1. The molecule has 1 heterocycles. The number of hydrogen-bond acceptors (Lipinski definition) is 3. The zero-order chi connectivity index (χ0) is 12.2. The third-order valence-corrected chi connectivity index (χ3v) is 2.33. The molecule has 0 spiro atoms. The molecule has 0 bridgehead atoms. The summed E-state index contributed by atoms with van der Waals surface area (Å²) in [6, 6.07) is 3.77. The number of rotatable bonds is 4. The first-order valence-corrected chi connectivity index (χ1v) is 5.62. The maximum absolute atomic E-state index is 9.16. The second kappa shape index (κ2) is 5.30. The van der Waals surface area contributed by atoms with E-state index in [1.807, 2.05) is 19.1 Å². The van der Waals surface area contributed by atoms with Crippen LogP contribution in [0.3, 0.4) is 0 Å². The lowest BCUT2D eigenvalue weighted by molar-refractivity contribution is 0.227. The van der Waals surface area contributed by atoms with Crippen molar-refractivity contribution in [2.45, 2.75) is 40.7 Å². The smallest absolute Gasteiger partial charge is 0.143 e. The van der Waals surface area contributed by atoms with Crippen LogP contribution in [0, 0.1) is 12.3 Å². The summed E-state index contributed by atoms with van der Waals surface area (Å²) >= 11 is 0. The highest BCUT2D eigenvalue weighted by Crippen LogP contribution is 2.21. The molecule has 1 rings (SSSR count). The molecule has 0 aliphatic carbocycles. The van der Waals surface area contributed by atoms with Crippen LogP contribution in [-0.4, -0.2) is 16.7 Å². The summed E-state index contributed by atoms with van der Waals surface area (Å²) in [6.07, 6.45) is 0.978. The Bertz CT molecular complexity index is 342. The molecule has 0 amide bonds. The van der Waals surface area contributed by atoms with Gasteiger partial charge < -0.3 is 9.84 Å². The topological polar surface area (TPSA) is 42.4 Å². The van der Waals surface area contributed by atoms with Crippen LogP contribution >= 0.6 is 0 Å². The van der Waals surface area contributed by atoms with Gasteiger partial charge in [-0.3, -0.25) is 4.98 Å². The van der Waals surface area contributed by atoms with E-state index in [1.165, 1.54) is 0 Å². The molecule has 3 nitrogen and oxygen atoms in total. The Labute approximate surface area is 97.5 Å². The first kappa shape index (κ1) is 13.0. The van der Waals surface area contributed by atoms with Crippen LogP contribution in [0.5, 0.6) is 5.75 Å². The molecule has 0 saturated heterocycles. The molecule has 0 aliphatic heterocycles. The molecular formula is C13H21NO2. The second-order valence-electron chi connectivity index (χ2n) is 5.21. The Morgan fingerprint density at radius 2 is 2.00 bits per heavy atom. The van der Waals surface area contributed by atoms with Gasteiger partial charge in [0.05, 0.1) is 13.2 Å². The normalized spacial score (nSPS) is 11.6. The maximum Gasteiger partial charge on any atom is 0.143 e. The van der Waals surface area contributed by atoms with Crippen LogP contribution in [0.1, 0.15) is 38.6 Å². The Morgan fingerprint density at radius 1 is 1.31 bits per heavy atom. The maximum atomic E-state index is 9.16. The predicted octanol–water partition coefficient (Wildman–Crippen LogP) is 2.70. The van der Waals surface area contributed by atoms with E-state index < -0.39 is 0 Å². The summed E-state index contributed by atoms with van der Waals surface area (Å²) in [7, 11) is 0. The second-order valence-corrected chi connectivity index (χ2v) is 5.21. The van der Waals surface area contributed by atoms with Crippen molar-refractivity contribution >= 4 is 0 Å². The van der Waals surface area contributed by atoms with E-state index in [1.54, 1.807) is 0 Å². The van der Waals surface area contributed by atoms with Gasteiger partial charge >= 0.3 is 0 Å². The van der Waals surface area contributed by atoms with Gasteiger partial charge in [0.25, 0.3) is 0 Å². The average Bonchev–Trinajstić information content (AvgIpc) is 2.18. The molecule has 0 saturated carbocycles. The fourth-order valence-electron chi connectivity index (χ4n) is 1.31. The molecular weight excluding hydrogens is 202 g/mol. The quantitative estimate of drug-likeness (QED) is 0.853. The number of pyridine rings is 1. The van der Waals surface area contributed by atoms with Crippen molar-refractivity contribution in [3.8, 4) is 5.75 Å². The van der Waals surface area contributed by atoms with Crippen LogP contribution < -0.4 is 4.74 Å². The van der Waals surface area contributed by atoms with Gasteiger partial charge in [-0.2, -0.15) is 0 Å². The minimum Gasteiger partial charge on any atom is -0.492 e. The molecule has 3 heteroatoms. The van der Waals surface area contributed by atoms with Crippen molar-refractivity contribution in [2.75, 3.05) is 6.61 Å². The minimum atomic E-state index is -0.0769. The van der Waals surface area contributed by atoms with Crippen molar-refractivity contribution in [3.63, 3.8) is 0 Å². The van der Waals surface area contributed by atoms with Crippen LogP contribution in [0.15, 0.2) is 12.1 Å². The zero-order valence-corrected chi connectivity index (χ0v) is 10.6. The van der Waals surface area contributed by atoms with Gasteiger partial charge in [0.1, 0.15) is 11.4 Å². The van der Waals surface area contributed by atoms with E-state index in [9.17, 15) is 0 Å². The van der Waals surface area contributed by atoms with Gasteiger partial charge in [-0.05, 0) is 30.9 Å². The lowest BCUT2D eigenvalue weighted by Crippen LogP contribution is -2.12. The number of ether oxygens (including phenoxy) is 1. The Hall–Kier alpha value is -1.09. The van der Waals surface area contributed by atoms with Crippen LogP contribution in [0.4, 0.5) is 0 Å². The molecule has 0 radical (unpaired) electrons. The number of hydrogen-bond donors (Lipinski definition) is 1. The molecule has 90 valence electrons. The fraction of sp³-hybridized carbons (Fsp3) is 0.615. The van der Waals surface area contributed by atoms with Crippen LogP contribution in [0.2, 0.25) is 0 Å². The zero-order valence-electron chi connectivity index (χ0n) is 10.6. The molecule has 1 N–H and O–H groups in total. The number of nitrogens with zero attached hydrogens (tertiary/aromatic N) is 1. The first-order valence-electron chi connectivity index (χ1n) is 5.62. The van der Waals surface area contributed by atoms with Crippen LogP contribution in [-0.2, 0) is 6.61 Å². The SMILES string of the molecule is Cc1ccc(OCCC(C)(C)C)c(CO)n1. The monoisotopic (exact) mass is 223 g/mol. The van der Waals surface area contributed by atoms with Crippen molar-refractivity contribution in [3.05, 3.63) is 23.5 Å². The Balaban J connectivity index is 2.60. The first-order chi connectivity index (χ1) is 7.42. The molecule has 0 atom stereocenters. The van der Waals surface area contributed by atoms with Gasteiger partial charge in [-0.25, -0.2) is 0 Å². The molecule has 1 aromatic rings. The summed E-state index contributed by atoms with van der Waals surface area (Å²) in [6.45, 7) is 9.01. The van der Waals surface area contributed by atoms with Gasteiger partial charge in [0.15, 0.2) is 0 Å². The molecule has 0 fully saturated rings. The van der Waals surface area contributed by atoms with Crippen LogP contribution in [0.25, 0.3) is 0 Å². The van der Waals surface area contributed by atoms with Crippen molar-refractivity contribution in [1.82, 2.24) is 4.98 Å². The van der Waals surface area contributed by atoms with E-state index >= 15 is 0 Å². The summed E-state index contributed by atoms with van der Waals surface area (Å²) in [5, 5.41) is 9.16. The van der Waals surface area contributed by atoms with E-state index in [2.05, 4.69) is 25.8 Å². The number of aliphatic hydroxyl groups excluding tert-OH is 1. The highest BCUT2D eigenvalue weighted by molar-refractivity contribution is 5.28. The van der Waals surface area contributed by atoms with Gasteiger partial charge in [0.2, 0.25) is 0 Å². The third-order valence-electron chi connectivity index (χ3n) is 2.33. The Morgan fingerprint density at radius 3 is 2.56 bits per heavy atom. The van der Waals surface area contributed by atoms with E-state index in [0.29, 0.717) is 18.1 Å². The molecule has 0 aliphatic rings. The molecule has 16 heavy (non-hydrogen) atoms. The summed E-state index contributed by atoms with van der Waals surface area (Å²) in [4.78, 5) is 4.23. The minimum absolute atomic E-state index is 0.0769. The predicted molar refractivity (Wildman–Crippen MR) is 64.5 cm³/mol. The average molecular weight is 223 g/mol. The Kier molecular flexibility index (Phi) is 4.30. The fourth-order valence-corrected chi connectivity index (χ4v) is 1.31. The van der Waals surface area contributed by atoms with Gasteiger partial charge in [-0.15, -0.1) is 0 Å². The third kappa shape index (κ3) is 4.19.